The van der Waals surface area contributed by atoms with Crippen molar-refractivity contribution in [3.05, 3.63) is 36.5 Å². The number of aromatic nitrogens is 3. The van der Waals surface area contributed by atoms with Crippen LogP contribution >= 0.6 is 0 Å². The predicted octanol–water partition coefficient (Wildman–Crippen LogP) is 2.32. The number of sulfonamides is 1. The number of rotatable bonds is 7. The normalized spacial score (nSPS) is 21.8. The maximum atomic E-state index is 12.6. The van der Waals surface area contributed by atoms with E-state index in [2.05, 4.69) is 43.7 Å². The first-order valence-electron chi connectivity index (χ1n) is 11.8. The molecule has 34 heavy (non-hydrogen) atoms. The first-order chi connectivity index (χ1) is 16.6. The van der Waals surface area contributed by atoms with Crippen molar-refractivity contribution in [2.45, 2.75) is 30.6 Å². The Morgan fingerprint density at radius 3 is 2.62 bits per heavy atom. The third-order valence-electron chi connectivity index (χ3n) is 6.63. The molecule has 3 aromatic rings. The third kappa shape index (κ3) is 4.30. The summed E-state index contributed by atoms with van der Waals surface area (Å²) in [7, 11) is -3.16. The zero-order chi connectivity index (χ0) is 23.1. The van der Waals surface area contributed by atoms with Crippen LogP contribution in [0.5, 0.6) is 0 Å². The number of hydrogen-bond acceptors (Lipinski definition) is 8. The Hall–Kier alpha value is -2.89. The van der Waals surface area contributed by atoms with Crippen molar-refractivity contribution in [2.75, 3.05) is 54.9 Å². The van der Waals surface area contributed by atoms with Crippen LogP contribution in [-0.4, -0.2) is 78.4 Å². The maximum absolute atomic E-state index is 12.6. The van der Waals surface area contributed by atoms with Gasteiger partial charge in [-0.05, 0) is 43.5 Å². The van der Waals surface area contributed by atoms with E-state index in [-0.39, 0.29) is 11.3 Å². The summed E-state index contributed by atoms with van der Waals surface area (Å²) in [6.45, 7) is 4.30. The molecular formula is C23H28N7O3S. The van der Waals surface area contributed by atoms with Gasteiger partial charge in [0.15, 0.2) is 0 Å². The molecule has 0 amide bonds. The first kappa shape index (κ1) is 21.6. The third-order valence-corrected chi connectivity index (χ3v) is 9.00. The van der Waals surface area contributed by atoms with Crippen LogP contribution in [0, 0.1) is 6.07 Å². The van der Waals surface area contributed by atoms with E-state index in [0.29, 0.717) is 30.5 Å². The van der Waals surface area contributed by atoms with E-state index >= 15 is 0 Å². The molecule has 1 atom stereocenters. The summed E-state index contributed by atoms with van der Waals surface area (Å²) in [6, 6.07) is 11.3. The molecule has 3 aliphatic rings. The minimum absolute atomic E-state index is 0.00409. The van der Waals surface area contributed by atoms with Crippen LogP contribution in [0.3, 0.4) is 0 Å². The summed E-state index contributed by atoms with van der Waals surface area (Å²) < 4.78 is 32.2. The lowest BCUT2D eigenvalue weighted by Gasteiger charge is -2.28. The Morgan fingerprint density at radius 1 is 1.06 bits per heavy atom. The molecule has 10 nitrogen and oxygen atoms in total. The Balaban J connectivity index is 1.18. The number of anilines is 4. The first-order valence-corrected chi connectivity index (χ1v) is 13.3. The highest BCUT2D eigenvalue weighted by atomic mass is 32.2. The highest BCUT2D eigenvalue weighted by Crippen LogP contribution is 2.33. The topological polar surface area (TPSA) is 115 Å². The number of benzene rings is 1. The molecule has 2 saturated heterocycles. The quantitative estimate of drug-likeness (QED) is 0.470. The number of nitrogens with one attached hydrogen (secondary N) is 3. The van der Waals surface area contributed by atoms with Crippen molar-refractivity contribution in [3.8, 4) is 0 Å². The highest BCUT2D eigenvalue weighted by molar-refractivity contribution is 7.90. The molecule has 1 aromatic carbocycles. The van der Waals surface area contributed by atoms with Gasteiger partial charge in [-0.15, -0.1) is 0 Å². The van der Waals surface area contributed by atoms with Gasteiger partial charge < -0.3 is 25.3 Å². The van der Waals surface area contributed by atoms with Crippen LogP contribution in [-0.2, 0) is 14.8 Å². The molecule has 4 heterocycles. The fourth-order valence-corrected chi connectivity index (χ4v) is 6.49. The summed E-state index contributed by atoms with van der Waals surface area (Å²) in [4.78, 5) is 14.7. The van der Waals surface area contributed by atoms with E-state index in [1.54, 1.807) is 10.5 Å². The van der Waals surface area contributed by atoms with E-state index in [4.69, 9.17) is 9.72 Å². The van der Waals surface area contributed by atoms with E-state index in [9.17, 15) is 8.42 Å². The number of nitrogens with zero attached hydrogens (tertiary/aromatic N) is 4. The molecular weight excluding hydrogens is 454 g/mol. The van der Waals surface area contributed by atoms with Crippen molar-refractivity contribution < 1.29 is 13.2 Å². The van der Waals surface area contributed by atoms with Gasteiger partial charge in [0.1, 0.15) is 11.5 Å². The van der Waals surface area contributed by atoms with Crippen LogP contribution in [0.15, 0.2) is 30.5 Å². The fourth-order valence-electron chi connectivity index (χ4n) is 4.59. The maximum Gasteiger partial charge on any atom is 0.231 e. The van der Waals surface area contributed by atoms with Crippen LogP contribution in [0.25, 0.3) is 11.0 Å². The van der Waals surface area contributed by atoms with Gasteiger partial charge in [-0.2, -0.15) is 14.3 Å². The minimum Gasteiger partial charge on any atom is -0.378 e. The molecule has 0 unspecified atom stereocenters. The summed E-state index contributed by atoms with van der Waals surface area (Å²) in [5.41, 5.74) is 2.73. The van der Waals surface area contributed by atoms with Gasteiger partial charge in [-0.3, -0.25) is 0 Å². The molecule has 2 aliphatic heterocycles. The second kappa shape index (κ2) is 8.71. The number of morpholine rings is 1. The van der Waals surface area contributed by atoms with Crippen molar-refractivity contribution in [2.24, 2.45) is 0 Å². The molecule has 1 aliphatic carbocycles. The summed E-state index contributed by atoms with van der Waals surface area (Å²) in [5.74, 6) is 1.11. The molecule has 0 bridgehead atoms. The molecule has 2 aromatic heterocycles. The molecule has 6 rings (SSSR count). The Morgan fingerprint density at radius 2 is 1.85 bits per heavy atom. The lowest BCUT2D eigenvalue weighted by atomic mass is 10.2. The van der Waals surface area contributed by atoms with Crippen molar-refractivity contribution in [1.29, 1.82) is 0 Å². The van der Waals surface area contributed by atoms with Gasteiger partial charge in [-0.1, -0.05) is 0 Å². The van der Waals surface area contributed by atoms with Crippen molar-refractivity contribution in [3.63, 3.8) is 0 Å². The molecule has 0 spiro atoms. The monoisotopic (exact) mass is 482 g/mol. The summed E-state index contributed by atoms with van der Waals surface area (Å²) in [6.07, 6.45) is 4.02. The number of aromatic amines is 1. The molecule has 11 heteroatoms. The van der Waals surface area contributed by atoms with Gasteiger partial charge in [0.05, 0.1) is 23.8 Å². The van der Waals surface area contributed by atoms with Gasteiger partial charge >= 0.3 is 0 Å². The Bertz CT molecular complexity index is 1270. The van der Waals surface area contributed by atoms with E-state index in [1.807, 2.05) is 12.1 Å². The van der Waals surface area contributed by atoms with Crippen molar-refractivity contribution in [1.82, 2.24) is 19.3 Å². The SMILES string of the molecule is O=S(=O)(C1CC1)N1CC[C@H](Nc2nc(Nc3ccc(N4CCOCC4)cc3)nc3[nH]c[c]c23)C1. The van der Waals surface area contributed by atoms with Crippen molar-refractivity contribution >= 4 is 44.2 Å². The smallest absolute Gasteiger partial charge is 0.231 e. The lowest BCUT2D eigenvalue weighted by Crippen LogP contribution is -2.36. The molecule has 1 saturated carbocycles. The average Bonchev–Trinajstić information content (AvgIpc) is 3.43. The van der Waals surface area contributed by atoms with E-state index in [0.717, 1.165) is 56.6 Å². The summed E-state index contributed by atoms with van der Waals surface area (Å²) >= 11 is 0. The summed E-state index contributed by atoms with van der Waals surface area (Å²) in [5, 5.41) is 7.32. The van der Waals surface area contributed by atoms with Gasteiger partial charge in [0, 0.05) is 55.9 Å². The Kier molecular flexibility index (Phi) is 5.54. The van der Waals surface area contributed by atoms with E-state index < -0.39 is 10.0 Å². The second-order valence-electron chi connectivity index (χ2n) is 9.06. The van der Waals surface area contributed by atoms with Crippen LogP contribution in [0.2, 0.25) is 0 Å². The van der Waals surface area contributed by atoms with Gasteiger partial charge in [0.25, 0.3) is 0 Å². The zero-order valence-corrected chi connectivity index (χ0v) is 19.6. The van der Waals surface area contributed by atoms with Gasteiger partial charge in [0.2, 0.25) is 16.0 Å². The van der Waals surface area contributed by atoms with Crippen LogP contribution in [0.4, 0.5) is 23.1 Å². The Labute approximate surface area is 198 Å². The standard InChI is InChI=1S/C23H28N7O3S/c31-34(32,19-5-6-19)30-10-8-17(15-30)25-22-20-7-9-24-21(20)27-23(28-22)26-16-1-3-18(4-2-16)29-11-13-33-14-12-29/h1-4,9,17,19H,5-6,8,10-15H2,(H3,24,25,26,27,28)/t17-/m0/s1. The average molecular weight is 483 g/mol. The fraction of sp³-hybridized carbons (Fsp3) is 0.478. The number of H-pyrrole nitrogens is 1. The molecule has 3 fully saturated rings. The van der Waals surface area contributed by atoms with E-state index in [1.165, 1.54) is 5.69 Å². The van der Waals surface area contributed by atoms with Gasteiger partial charge in [-0.25, -0.2) is 8.42 Å². The molecule has 179 valence electrons. The number of ether oxygens (including phenoxy) is 1. The lowest BCUT2D eigenvalue weighted by molar-refractivity contribution is 0.122. The number of fused-ring (bicyclic) bond motifs is 1. The molecule has 3 N–H and O–H groups in total. The molecule has 1 radical (unpaired) electrons. The largest absolute Gasteiger partial charge is 0.378 e. The number of hydrogen-bond donors (Lipinski definition) is 3. The van der Waals surface area contributed by atoms with Crippen LogP contribution < -0.4 is 15.5 Å². The zero-order valence-electron chi connectivity index (χ0n) is 18.8. The second-order valence-corrected chi connectivity index (χ2v) is 11.3. The van der Waals surface area contributed by atoms with Crippen LogP contribution in [0.1, 0.15) is 19.3 Å². The minimum atomic E-state index is -3.16. The highest BCUT2D eigenvalue weighted by Gasteiger charge is 2.42. The predicted molar refractivity (Wildman–Crippen MR) is 131 cm³/mol.